The lowest BCUT2D eigenvalue weighted by atomic mass is 10.3. The van der Waals surface area contributed by atoms with Crippen molar-refractivity contribution in [3.8, 4) is 10.6 Å². The van der Waals surface area contributed by atoms with Crippen molar-refractivity contribution in [2.24, 2.45) is 0 Å². The Hall–Kier alpha value is -1.29. The van der Waals surface area contributed by atoms with E-state index in [-0.39, 0.29) is 11.6 Å². The highest BCUT2D eigenvalue weighted by Gasteiger charge is 2.07. The lowest BCUT2D eigenvalue weighted by Crippen LogP contribution is -2.17. The Morgan fingerprint density at radius 3 is 2.79 bits per heavy atom. The van der Waals surface area contributed by atoms with E-state index in [0.29, 0.717) is 0 Å². The number of thiophene rings is 1. The lowest BCUT2D eigenvalue weighted by molar-refractivity contribution is 0.518. The molecule has 0 spiro atoms. The summed E-state index contributed by atoms with van der Waals surface area (Å²) in [5.41, 5.74) is 0.933. The molecule has 0 aliphatic rings. The zero-order valence-corrected chi connectivity index (χ0v) is 8.97. The first kappa shape index (κ1) is 9.27. The van der Waals surface area contributed by atoms with Gasteiger partial charge in [0.1, 0.15) is 0 Å². The van der Waals surface area contributed by atoms with Crippen LogP contribution in [0.1, 0.15) is 19.9 Å². The van der Waals surface area contributed by atoms with Gasteiger partial charge in [-0.05, 0) is 25.3 Å². The van der Waals surface area contributed by atoms with E-state index in [4.69, 9.17) is 0 Å². The molecule has 0 radical (unpaired) electrons. The minimum absolute atomic E-state index is 0.0309. The van der Waals surface area contributed by atoms with Crippen molar-refractivity contribution in [1.29, 1.82) is 0 Å². The molecule has 0 aliphatic carbocycles. The van der Waals surface area contributed by atoms with Gasteiger partial charge in [-0.1, -0.05) is 6.07 Å². The van der Waals surface area contributed by atoms with Crippen LogP contribution in [0.5, 0.6) is 0 Å². The summed E-state index contributed by atoms with van der Waals surface area (Å²) >= 11 is 1.63. The number of aromatic amines is 1. The van der Waals surface area contributed by atoms with Crippen LogP contribution in [0.15, 0.2) is 28.4 Å². The summed E-state index contributed by atoms with van der Waals surface area (Å²) in [6.07, 6.45) is 0. The zero-order chi connectivity index (χ0) is 10.1. The maximum absolute atomic E-state index is 11.5. The van der Waals surface area contributed by atoms with Crippen molar-refractivity contribution in [1.82, 2.24) is 9.78 Å². The molecule has 0 saturated heterocycles. The summed E-state index contributed by atoms with van der Waals surface area (Å²) in [6.45, 7) is 3.96. The molecule has 0 saturated carbocycles. The topological polar surface area (TPSA) is 37.8 Å². The first-order valence-electron chi connectivity index (χ1n) is 4.54. The Kier molecular flexibility index (Phi) is 2.29. The summed E-state index contributed by atoms with van der Waals surface area (Å²) in [5.74, 6) is 0. The maximum Gasteiger partial charge on any atom is 0.267 e. The van der Waals surface area contributed by atoms with E-state index in [1.165, 1.54) is 0 Å². The van der Waals surface area contributed by atoms with Crippen LogP contribution >= 0.6 is 11.3 Å². The Morgan fingerprint density at radius 1 is 1.50 bits per heavy atom. The predicted octanol–water partition coefficient (Wildman–Crippen LogP) is 2.49. The van der Waals surface area contributed by atoms with Crippen molar-refractivity contribution >= 4 is 11.3 Å². The molecule has 0 fully saturated rings. The Bertz CT molecular complexity index is 465. The summed E-state index contributed by atoms with van der Waals surface area (Å²) in [7, 11) is 0. The second-order valence-electron chi connectivity index (χ2n) is 3.45. The van der Waals surface area contributed by atoms with E-state index < -0.39 is 0 Å². The van der Waals surface area contributed by atoms with Gasteiger partial charge in [-0.25, -0.2) is 0 Å². The summed E-state index contributed by atoms with van der Waals surface area (Å²) in [6, 6.07) is 5.80. The third kappa shape index (κ3) is 1.53. The molecular formula is C10H12N2OS. The average molecular weight is 208 g/mol. The van der Waals surface area contributed by atoms with Gasteiger partial charge in [0.05, 0.1) is 10.6 Å². The minimum Gasteiger partial charge on any atom is -0.294 e. The van der Waals surface area contributed by atoms with Crippen LogP contribution < -0.4 is 5.56 Å². The number of rotatable bonds is 2. The first-order valence-corrected chi connectivity index (χ1v) is 5.42. The molecule has 1 N–H and O–H groups in total. The van der Waals surface area contributed by atoms with Gasteiger partial charge in [0.2, 0.25) is 0 Å². The van der Waals surface area contributed by atoms with E-state index in [2.05, 4.69) is 5.10 Å². The average Bonchev–Trinajstić information content (AvgIpc) is 2.70. The smallest absolute Gasteiger partial charge is 0.267 e. The molecule has 0 aliphatic heterocycles. The van der Waals surface area contributed by atoms with Crippen LogP contribution in [0.25, 0.3) is 10.6 Å². The minimum atomic E-state index is 0.0309. The molecule has 0 aromatic carbocycles. The van der Waals surface area contributed by atoms with Crippen molar-refractivity contribution in [3.05, 3.63) is 33.9 Å². The number of hydrogen-bond donors (Lipinski definition) is 1. The van der Waals surface area contributed by atoms with Crippen LogP contribution in [0, 0.1) is 0 Å². The van der Waals surface area contributed by atoms with Gasteiger partial charge in [0.25, 0.3) is 5.56 Å². The Balaban J connectivity index is 2.48. The number of aromatic nitrogens is 2. The standard InChI is InChI=1S/C10H12N2OS/c1-7(2)12-10(13)6-8(11-12)9-4-3-5-14-9/h3-7,11H,1-2H3. The lowest BCUT2D eigenvalue weighted by Gasteiger charge is -2.04. The van der Waals surface area contributed by atoms with E-state index in [1.807, 2.05) is 31.4 Å². The second-order valence-corrected chi connectivity index (χ2v) is 4.40. The molecular weight excluding hydrogens is 196 g/mol. The van der Waals surface area contributed by atoms with Crippen molar-refractivity contribution in [2.75, 3.05) is 0 Å². The van der Waals surface area contributed by atoms with E-state index >= 15 is 0 Å². The van der Waals surface area contributed by atoms with Gasteiger partial charge >= 0.3 is 0 Å². The highest BCUT2D eigenvalue weighted by molar-refractivity contribution is 7.13. The third-order valence-electron chi connectivity index (χ3n) is 2.05. The molecule has 3 nitrogen and oxygen atoms in total. The molecule has 0 bridgehead atoms. The largest absolute Gasteiger partial charge is 0.294 e. The summed E-state index contributed by atoms with van der Waals surface area (Å²) in [4.78, 5) is 12.6. The van der Waals surface area contributed by atoms with Crippen LogP contribution in [0.2, 0.25) is 0 Å². The Morgan fingerprint density at radius 2 is 2.29 bits per heavy atom. The zero-order valence-electron chi connectivity index (χ0n) is 8.15. The highest BCUT2D eigenvalue weighted by atomic mass is 32.1. The first-order chi connectivity index (χ1) is 6.68. The van der Waals surface area contributed by atoms with Gasteiger partial charge in [-0.2, -0.15) is 0 Å². The number of nitrogens with zero attached hydrogens (tertiary/aromatic N) is 1. The number of hydrogen-bond acceptors (Lipinski definition) is 2. The number of nitrogens with one attached hydrogen (secondary N) is 1. The monoisotopic (exact) mass is 208 g/mol. The molecule has 0 atom stereocenters. The van der Waals surface area contributed by atoms with Crippen molar-refractivity contribution in [2.45, 2.75) is 19.9 Å². The molecule has 2 heterocycles. The molecule has 0 unspecified atom stereocenters. The third-order valence-corrected chi connectivity index (χ3v) is 2.95. The fourth-order valence-electron chi connectivity index (χ4n) is 1.35. The summed E-state index contributed by atoms with van der Waals surface area (Å²) in [5, 5.41) is 5.10. The molecule has 2 aromatic rings. The van der Waals surface area contributed by atoms with Gasteiger partial charge in [0, 0.05) is 12.1 Å². The van der Waals surface area contributed by atoms with Crippen molar-refractivity contribution in [3.63, 3.8) is 0 Å². The van der Waals surface area contributed by atoms with E-state index in [1.54, 1.807) is 22.1 Å². The number of H-pyrrole nitrogens is 1. The highest BCUT2D eigenvalue weighted by Crippen LogP contribution is 2.21. The fourth-order valence-corrected chi connectivity index (χ4v) is 2.04. The van der Waals surface area contributed by atoms with Gasteiger partial charge < -0.3 is 0 Å². The molecule has 2 aromatic heterocycles. The predicted molar refractivity (Wildman–Crippen MR) is 58.8 cm³/mol. The van der Waals surface area contributed by atoms with Gasteiger partial charge in [-0.15, -0.1) is 11.3 Å². The summed E-state index contributed by atoms with van der Waals surface area (Å²) < 4.78 is 1.63. The quantitative estimate of drug-likeness (QED) is 0.809. The normalized spacial score (nSPS) is 11.1. The fraction of sp³-hybridized carbons (Fsp3) is 0.300. The molecule has 14 heavy (non-hydrogen) atoms. The van der Waals surface area contributed by atoms with Crippen LogP contribution in [-0.2, 0) is 0 Å². The second kappa shape index (κ2) is 3.46. The molecule has 4 heteroatoms. The Labute approximate surface area is 86.0 Å². The molecule has 0 amide bonds. The SMILES string of the molecule is CC(C)n1[nH]c(-c2cccs2)cc1=O. The van der Waals surface area contributed by atoms with Crippen LogP contribution in [-0.4, -0.2) is 9.78 Å². The van der Waals surface area contributed by atoms with Crippen LogP contribution in [0.3, 0.4) is 0 Å². The van der Waals surface area contributed by atoms with E-state index in [9.17, 15) is 4.79 Å². The maximum atomic E-state index is 11.5. The van der Waals surface area contributed by atoms with Gasteiger partial charge in [0.15, 0.2) is 0 Å². The van der Waals surface area contributed by atoms with Gasteiger partial charge in [-0.3, -0.25) is 14.6 Å². The van der Waals surface area contributed by atoms with Crippen molar-refractivity contribution < 1.29 is 0 Å². The van der Waals surface area contributed by atoms with Crippen LogP contribution in [0.4, 0.5) is 0 Å². The van der Waals surface area contributed by atoms with E-state index in [0.717, 1.165) is 10.6 Å². The molecule has 74 valence electrons. The molecule has 2 rings (SSSR count).